The molecule has 1 aliphatic heterocycles. The number of nitrogens with zero attached hydrogens (tertiary/aromatic N) is 1. The van der Waals surface area contributed by atoms with Crippen LogP contribution in [-0.4, -0.2) is 32.3 Å². The standard InChI is InChI=1S/C11H15FN2O/c1-14(2)10-5-8(12)3-4-9(10)11(15)6-13-7-11/h3-5,13,15H,6-7H2,1-2H3. The maximum absolute atomic E-state index is 13.1. The second-order valence-electron chi connectivity index (χ2n) is 4.19. The van der Waals surface area contributed by atoms with Crippen LogP contribution in [0.15, 0.2) is 18.2 Å². The fraction of sp³-hybridized carbons (Fsp3) is 0.455. The summed E-state index contributed by atoms with van der Waals surface area (Å²) in [5, 5.41) is 13.2. The smallest absolute Gasteiger partial charge is 0.125 e. The molecule has 1 saturated heterocycles. The molecular formula is C11H15FN2O. The Balaban J connectivity index is 2.46. The molecule has 15 heavy (non-hydrogen) atoms. The van der Waals surface area contributed by atoms with Gasteiger partial charge in [-0.25, -0.2) is 4.39 Å². The molecule has 0 spiro atoms. The van der Waals surface area contributed by atoms with Crippen molar-refractivity contribution in [2.45, 2.75) is 5.60 Å². The molecule has 1 fully saturated rings. The molecule has 0 amide bonds. The highest BCUT2D eigenvalue weighted by Gasteiger charge is 2.38. The summed E-state index contributed by atoms with van der Waals surface area (Å²) in [4.78, 5) is 1.81. The SMILES string of the molecule is CN(C)c1cc(F)ccc1C1(O)CNC1. The summed E-state index contributed by atoms with van der Waals surface area (Å²) < 4.78 is 13.1. The van der Waals surface area contributed by atoms with E-state index in [1.807, 2.05) is 19.0 Å². The molecule has 0 aromatic heterocycles. The number of hydrogen-bond acceptors (Lipinski definition) is 3. The molecule has 4 heteroatoms. The third kappa shape index (κ3) is 1.70. The Morgan fingerprint density at radius 3 is 2.53 bits per heavy atom. The highest BCUT2D eigenvalue weighted by atomic mass is 19.1. The molecule has 82 valence electrons. The fourth-order valence-electron chi connectivity index (χ4n) is 1.82. The number of aliphatic hydroxyl groups is 1. The largest absolute Gasteiger partial charge is 0.382 e. The zero-order valence-corrected chi connectivity index (χ0v) is 8.92. The number of halogens is 1. The molecule has 1 aromatic rings. The van der Waals surface area contributed by atoms with Crippen LogP contribution in [0.4, 0.5) is 10.1 Å². The van der Waals surface area contributed by atoms with Gasteiger partial charge in [-0.15, -0.1) is 0 Å². The van der Waals surface area contributed by atoms with Crippen LogP contribution in [0.2, 0.25) is 0 Å². The first-order valence-electron chi connectivity index (χ1n) is 4.93. The number of benzene rings is 1. The van der Waals surface area contributed by atoms with E-state index in [-0.39, 0.29) is 5.82 Å². The molecule has 1 heterocycles. The van der Waals surface area contributed by atoms with Gasteiger partial charge in [0.2, 0.25) is 0 Å². The van der Waals surface area contributed by atoms with Crippen molar-refractivity contribution in [2.75, 3.05) is 32.1 Å². The Morgan fingerprint density at radius 1 is 1.40 bits per heavy atom. The third-order valence-corrected chi connectivity index (χ3v) is 2.78. The van der Waals surface area contributed by atoms with Crippen molar-refractivity contribution in [1.29, 1.82) is 0 Å². The second kappa shape index (κ2) is 3.47. The molecule has 2 rings (SSSR count). The molecule has 2 N–H and O–H groups in total. The van der Waals surface area contributed by atoms with Crippen LogP contribution in [-0.2, 0) is 5.60 Å². The molecule has 0 unspecified atom stereocenters. The van der Waals surface area contributed by atoms with Crippen molar-refractivity contribution in [1.82, 2.24) is 5.32 Å². The summed E-state index contributed by atoms with van der Waals surface area (Å²) in [6, 6.07) is 4.50. The Labute approximate surface area is 88.5 Å². The third-order valence-electron chi connectivity index (χ3n) is 2.78. The Bertz CT molecular complexity index is 375. The number of β-amino-alcohol motifs (C(OH)–C–C–N with tert-alkyl or cyclic N) is 1. The average Bonchev–Trinajstić information content (AvgIpc) is 2.14. The van der Waals surface area contributed by atoms with E-state index >= 15 is 0 Å². The van der Waals surface area contributed by atoms with Gasteiger partial charge in [-0.2, -0.15) is 0 Å². The maximum atomic E-state index is 13.1. The topological polar surface area (TPSA) is 35.5 Å². The summed E-state index contributed by atoms with van der Waals surface area (Å²) in [6.45, 7) is 1.05. The molecule has 0 radical (unpaired) electrons. The van der Waals surface area contributed by atoms with Gasteiger partial charge in [0.25, 0.3) is 0 Å². The van der Waals surface area contributed by atoms with Gasteiger partial charge in [-0.1, -0.05) is 6.07 Å². The van der Waals surface area contributed by atoms with Gasteiger partial charge >= 0.3 is 0 Å². The minimum absolute atomic E-state index is 0.279. The summed E-state index contributed by atoms with van der Waals surface area (Å²) in [5.41, 5.74) is 0.680. The van der Waals surface area contributed by atoms with Crippen LogP contribution < -0.4 is 10.2 Å². The Morgan fingerprint density at radius 2 is 2.07 bits per heavy atom. The van der Waals surface area contributed by atoms with Crippen molar-refractivity contribution >= 4 is 5.69 Å². The summed E-state index contributed by atoms with van der Waals surface area (Å²) >= 11 is 0. The number of rotatable bonds is 2. The van der Waals surface area contributed by atoms with Crippen LogP contribution in [0, 0.1) is 5.82 Å². The Hall–Kier alpha value is -1.13. The number of anilines is 1. The van der Waals surface area contributed by atoms with E-state index in [4.69, 9.17) is 0 Å². The summed E-state index contributed by atoms with van der Waals surface area (Å²) in [7, 11) is 3.68. The molecule has 0 saturated carbocycles. The molecule has 1 aromatic carbocycles. The quantitative estimate of drug-likeness (QED) is 0.753. The van der Waals surface area contributed by atoms with Crippen molar-refractivity contribution in [3.8, 4) is 0 Å². The van der Waals surface area contributed by atoms with E-state index in [2.05, 4.69) is 5.32 Å². The Kier molecular flexibility index (Phi) is 2.40. The van der Waals surface area contributed by atoms with Gasteiger partial charge in [0, 0.05) is 38.4 Å². The average molecular weight is 210 g/mol. The second-order valence-corrected chi connectivity index (χ2v) is 4.19. The molecule has 3 nitrogen and oxygen atoms in total. The fourth-order valence-corrected chi connectivity index (χ4v) is 1.82. The van der Waals surface area contributed by atoms with E-state index in [9.17, 15) is 9.50 Å². The monoisotopic (exact) mass is 210 g/mol. The predicted molar refractivity (Wildman–Crippen MR) is 57.5 cm³/mol. The van der Waals surface area contributed by atoms with Crippen LogP contribution in [0.25, 0.3) is 0 Å². The summed E-state index contributed by atoms with van der Waals surface area (Å²) in [6.07, 6.45) is 0. The lowest BCUT2D eigenvalue weighted by atomic mass is 9.86. The zero-order valence-electron chi connectivity index (χ0n) is 8.92. The van der Waals surface area contributed by atoms with Crippen LogP contribution >= 0.6 is 0 Å². The summed E-state index contributed by atoms with van der Waals surface area (Å²) in [5.74, 6) is -0.279. The lowest BCUT2D eigenvalue weighted by Gasteiger charge is -2.40. The van der Waals surface area contributed by atoms with Crippen molar-refractivity contribution in [2.24, 2.45) is 0 Å². The molecular weight excluding hydrogens is 195 g/mol. The minimum Gasteiger partial charge on any atom is -0.382 e. The van der Waals surface area contributed by atoms with Crippen LogP contribution in [0.5, 0.6) is 0 Å². The number of hydrogen-bond donors (Lipinski definition) is 2. The van der Waals surface area contributed by atoms with E-state index in [1.165, 1.54) is 12.1 Å². The van der Waals surface area contributed by atoms with Gasteiger partial charge in [0.1, 0.15) is 11.4 Å². The molecule has 0 bridgehead atoms. The van der Waals surface area contributed by atoms with E-state index in [1.54, 1.807) is 6.07 Å². The highest BCUT2D eigenvalue weighted by Crippen LogP contribution is 2.33. The first kappa shape index (κ1) is 10.4. The molecule has 1 aliphatic rings. The van der Waals surface area contributed by atoms with Crippen molar-refractivity contribution in [3.05, 3.63) is 29.6 Å². The van der Waals surface area contributed by atoms with Crippen LogP contribution in [0.1, 0.15) is 5.56 Å². The van der Waals surface area contributed by atoms with Crippen molar-refractivity contribution in [3.63, 3.8) is 0 Å². The zero-order chi connectivity index (χ0) is 11.1. The first-order chi connectivity index (χ1) is 7.03. The minimum atomic E-state index is -0.840. The molecule has 0 aliphatic carbocycles. The first-order valence-corrected chi connectivity index (χ1v) is 4.93. The van der Waals surface area contributed by atoms with Crippen LogP contribution in [0.3, 0.4) is 0 Å². The highest BCUT2D eigenvalue weighted by molar-refractivity contribution is 5.56. The maximum Gasteiger partial charge on any atom is 0.125 e. The normalized spacial score (nSPS) is 18.4. The van der Waals surface area contributed by atoms with E-state index in [0.29, 0.717) is 13.1 Å². The lowest BCUT2D eigenvalue weighted by Crippen LogP contribution is -2.57. The van der Waals surface area contributed by atoms with Gasteiger partial charge in [0.15, 0.2) is 0 Å². The van der Waals surface area contributed by atoms with E-state index < -0.39 is 5.60 Å². The predicted octanol–water partition coefficient (Wildman–Crippen LogP) is 0.682. The van der Waals surface area contributed by atoms with Gasteiger partial charge in [-0.05, 0) is 12.1 Å². The lowest BCUT2D eigenvalue weighted by molar-refractivity contribution is -0.0142. The molecule has 0 atom stereocenters. The van der Waals surface area contributed by atoms with Gasteiger partial charge in [0.05, 0.1) is 0 Å². The van der Waals surface area contributed by atoms with Gasteiger partial charge < -0.3 is 15.3 Å². The van der Waals surface area contributed by atoms with E-state index in [0.717, 1.165) is 11.3 Å². The van der Waals surface area contributed by atoms with Crippen molar-refractivity contribution < 1.29 is 9.50 Å². The van der Waals surface area contributed by atoms with Gasteiger partial charge in [-0.3, -0.25) is 0 Å². The number of nitrogens with one attached hydrogen (secondary N) is 1.